The summed E-state index contributed by atoms with van der Waals surface area (Å²) >= 11 is 1.57. The van der Waals surface area contributed by atoms with Gasteiger partial charge in [0, 0.05) is 4.88 Å². The summed E-state index contributed by atoms with van der Waals surface area (Å²) in [6.07, 6.45) is 3.02. The van der Waals surface area contributed by atoms with Gasteiger partial charge in [-0.3, -0.25) is 4.79 Å². The molecule has 1 aromatic carbocycles. The third kappa shape index (κ3) is 4.29. The Morgan fingerprint density at radius 2 is 2.14 bits per heavy atom. The maximum atomic E-state index is 14.0. The van der Waals surface area contributed by atoms with Crippen molar-refractivity contribution in [2.45, 2.75) is 26.2 Å². The predicted molar refractivity (Wildman–Crippen MR) is 113 cm³/mol. The molecule has 2 N–H and O–H groups in total. The number of anilines is 2. The van der Waals surface area contributed by atoms with Gasteiger partial charge in [0.1, 0.15) is 16.9 Å². The zero-order valence-electron chi connectivity index (χ0n) is 16.6. The molecule has 7 heteroatoms. The van der Waals surface area contributed by atoms with Crippen LogP contribution in [-0.4, -0.2) is 38.6 Å². The van der Waals surface area contributed by atoms with E-state index < -0.39 is 0 Å². The number of fused-ring (bicyclic) bond motifs is 1. The van der Waals surface area contributed by atoms with Crippen LogP contribution >= 0.6 is 11.3 Å². The quantitative estimate of drug-likeness (QED) is 0.808. The van der Waals surface area contributed by atoms with Gasteiger partial charge in [-0.05, 0) is 42.9 Å². The molecular weight excluding hydrogens is 387 g/mol. The number of rotatable bonds is 4. The zero-order chi connectivity index (χ0) is 20.4. The number of benzene rings is 1. The van der Waals surface area contributed by atoms with Crippen LogP contribution in [0.25, 0.3) is 0 Å². The van der Waals surface area contributed by atoms with E-state index in [0.29, 0.717) is 28.7 Å². The summed E-state index contributed by atoms with van der Waals surface area (Å²) in [6.45, 7) is 5.61. The molecule has 1 aromatic heterocycles. The summed E-state index contributed by atoms with van der Waals surface area (Å²) in [7, 11) is 0. The van der Waals surface area contributed by atoms with Crippen molar-refractivity contribution in [2.24, 2.45) is 5.92 Å². The van der Waals surface area contributed by atoms with Crippen molar-refractivity contribution in [3.05, 3.63) is 46.1 Å². The van der Waals surface area contributed by atoms with Gasteiger partial charge in [-0.15, -0.1) is 11.3 Å². The molecule has 2 aromatic rings. The molecule has 1 atom stereocenters. The Bertz CT molecular complexity index is 943. The minimum absolute atomic E-state index is 0.0533. The summed E-state index contributed by atoms with van der Waals surface area (Å²) < 4.78 is 14.0. The second-order valence-electron chi connectivity index (χ2n) is 8.08. The molecule has 29 heavy (non-hydrogen) atoms. The van der Waals surface area contributed by atoms with Gasteiger partial charge in [0.15, 0.2) is 6.54 Å². The maximum Gasteiger partial charge on any atom is 0.280 e. The van der Waals surface area contributed by atoms with E-state index in [2.05, 4.69) is 18.3 Å². The molecule has 2 aliphatic rings. The smallest absolute Gasteiger partial charge is 0.280 e. The molecule has 1 aliphatic carbocycles. The van der Waals surface area contributed by atoms with Crippen LogP contribution in [0.15, 0.2) is 24.3 Å². The van der Waals surface area contributed by atoms with Crippen molar-refractivity contribution in [3.63, 3.8) is 0 Å². The molecule has 0 radical (unpaired) electrons. The number of halogens is 1. The number of amides is 1. The number of carbonyl (C=O) groups excluding carboxylic acids is 1. The monoisotopic (exact) mass is 413 g/mol. The first kappa shape index (κ1) is 19.9. The van der Waals surface area contributed by atoms with Crippen LogP contribution in [0, 0.1) is 23.1 Å². The standard InChI is InChI=1S/C22H25FN4OS/c1-15-6-7-16-17(13-24)22(29-20(16)12-15)25-21(28)14-26-8-10-27(11-9-26)19-5-3-2-4-18(19)23/h2-5,15H,6-12,14H2,1H3,(H,25,28)/p+1/t15-/m1/s1. The molecule has 152 valence electrons. The number of hydrogen-bond acceptors (Lipinski definition) is 4. The van der Waals surface area contributed by atoms with E-state index in [9.17, 15) is 14.4 Å². The Labute approximate surface area is 174 Å². The van der Waals surface area contributed by atoms with Crippen LogP contribution < -0.4 is 15.1 Å². The second kappa shape index (κ2) is 8.52. The molecule has 0 spiro atoms. The van der Waals surface area contributed by atoms with E-state index in [4.69, 9.17) is 0 Å². The third-order valence-electron chi connectivity index (χ3n) is 5.95. The Morgan fingerprint density at radius 1 is 1.38 bits per heavy atom. The highest BCUT2D eigenvalue weighted by atomic mass is 32.1. The highest BCUT2D eigenvalue weighted by molar-refractivity contribution is 7.16. The van der Waals surface area contributed by atoms with Crippen LogP contribution in [0.1, 0.15) is 29.3 Å². The first-order valence-electron chi connectivity index (χ1n) is 10.2. The third-order valence-corrected chi connectivity index (χ3v) is 7.12. The van der Waals surface area contributed by atoms with E-state index in [1.54, 1.807) is 23.5 Å². The van der Waals surface area contributed by atoms with Gasteiger partial charge in [0.25, 0.3) is 5.91 Å². The van der Waals surface area contributed by atoms with Crippen LogP contribution in [0.3, 0.4) is 0 Å². The molecule has 1 amide bonds. The molecular formula is C22H26FN4OS+. The highest BCUT2D eigenvalue weighted by Crippen LogP contribution is 2.39. The van der Waals surface area contributed by atoms with Crippen LogP contribution in [0.2, 0.25) is 0 Å². The molecule has 4 rings (SSSR count). The Balaban J connectivity index is 1.34. The average Bonchev–Trinajstić information content (AvgIpc) is 3.04. The SMILES string of the molecule is C[C@@H]1CCc2c(sc(NC(=O)C[NH+]3CCN(c4ccccc4F)CC3)c2C#N)C1. The first-order chi connectivity index (χ1) is 14.0. The van der Waals surface area contributed by atoms with Gasteiger partial charge in [0.05, 0.1) is 37.4 Å². The van der Waals surface area contributed by atoms with E-state index in [-0.39, 0.29) is 11.7 Å². The van der Waals surface area contributed by atoms with Crippen molar-refractivity contribution in [1.29, 1.82) is 5.26 Å². The van der Waals surface area contributed by atoms with Gasteiger partial charge in [-0.2, -0.15) is 5.26 Å². The molecule has 0 saturated carbocycles. The lowest BCUT2D eigenvalue weighted by Crippen LogP contribution is -3.15. The molecule has 1 aliphatic heterocycles. The minimum atomic E-state index is -0.200. The van der Waals surface area contributed by atoms with Crippen molar-refractivity contribution in [1.82, 2.24) is 0 Å². The highest BCUT2D eigenvalue weighted by Gasteiger charge is 2.27. The zero-order valence-corrected chi connectivity index (χ0v) is 17.4. The number of nitriles is 1. The lowest BCUT2D eigenvalue weighted by atomic mass is 9.89. The first-order valence-corrected chi connectivity index (χ1v) is 11.0. The number of carbonyl (C=O) groups is 1. The number of hydrogen-bond donors (Lipinski definition) is 2. The number of nitrogens with zero attached hydrogens (tertiary/aromatic N) is 2. The lowest BCUT2D eigenvalue weighted by Gasteiger charge is -2.33. The molecule has 1 saturated heterocycles. The number of quaternary nitrogens is 1. The summed E-state index contributed by atoms with van der Waals surface area (Å²) in [4.78, 5) is 17.1. The summed E-state index contributed by atoms with van der Waals surface area (Å²) in [5.41, 5.74) is 2.43. The number of thiophene rings is 1. The molecule has 5 nitrogen and oxygen atoms in total. The predicted octanol–water partition coefficient (Wildman–Crippen LogP) is 2.23. The molecule has 1 fully saturated rings. The second-order valence-corrected chi connectivity index (χ2v) is 9.19. The fourth-order valence-electron chi connectivity index (χ4n) is 4.30. The van der Waals surface area contributed by atoms with Gasteiger partial charge in [0.2, 0.25) is 0 Å². The van der Waals surface area contributed by atoms with E-state index in [1.165, 1.54) is 15.8 Å². The van der Waals surface area contributed by atoms with E-state index in [1.807, 2.05) is 11.0 Å². The lowest BCUT2D eigenvalue weighted by molar-refractivity contribution is -0.892. The van der Waals surface area contributed by atoms with Gasteiger partial charge >= 0.3 is 0 Å². The van der Waals surface area contributed by atoms with Gasteiger partial charge in [-0.25, -0.2) is 4.39 Å². The Morgan fingerprint density at radius 3 is 2.86 bits per heavy atom. The molecule has 0 bridgehead atoms. The van der Waals surface area contributed by atoms with Gasteiger partial charge < -0.3 is 15.1 Å². The molecule has 0 unspecified atom stereocenters. The average molecular weight is 414 g/mol. The summed E-state index contributed by atoms with van der Waals surface area (Å²) in [5.74, 6) is 0.377. The van der Waals surface area contributed by atoms with Crippen molar-refractivity contribution in [2.75, 3.05) is 42.9 Å². The topological polar surface area (TPSA) is 60.6 Å². The van der Waals surface area contributed by atoms with Crippen LogP contribution in [-0.2, 0) is 17.6 Å². The van der Waals surface area contributed by atoms with Crippen molar-refractivity contribution >= 4 is 27.9 Å². The largest absolute Gasteiger partial charge is 0.358 e. The fraction of sp³-hybridized carbons (Fsp3) is 0.455. The normalized spacial score (nSPS) is 19.5. The Kier molecular flexibility index (Phi) is 5.84. The van der Waals surface area contributed by atoms with E-state index in [0.717, 1.165) is 51.0 Å². The summed E-state index contributed by atoms with van der Waals surface area (Å²) in [5, 5.41) is 13.3. The minimum Gasteiger partial charge on any atom is -0.358 e. The van der Waals surface area contributed by atoms with Crippen LogP contribution in [0.4, 0.5) is 15.1 Å². The van der Waals surface area contributed by atoms with Crippen LogP contribution in [0.5, 0.6) is 0 Å². The van der Waals surface area contributed by atoms with Crippen molar-refractivity contribution < 1.29 is 14.1 Å². The summed E-state index contributed by atoms with van der Waals surface area (Å²) in [6, 6.07) is 9.13. The Hall–Kier alpha value is -2.43. The van der Waals surface area contributed by atoms with E-state index >= 15 is 0 Å². The van der Waals surface area contributed by atoms with Gasteiger partial charge in [-0.1, -0.05) is 19.1 Å². The number of piperazine rings is 1. The molecule has 2 heterocycles. The van der Waals surface area contributed by atoms with Crippen molar-refractivity contribution in [3.8, 4) is 6.07 Å². The number of nitrogens with one attached hydrogen (secondary N) is 2. The maximum absolute atomic E-state index is 14.0. The number of para-hydroxylation sites is 1. The fourth-order valence-corrected chi connectivity index (χ4v) is 5.68.